The number of likely N-dealkylation sites (tertiary alicyclic amines) is 1. The van der Waals surface area contributed by atoms with Gasteiger partial charge in [-0.2, -0.15) is 0 Å². The van der Waals surface area contributed by atoms with E-state index in [-0.39, 0.29) is 0 Å². The van der Waals surface area contributed by atoms with Crippen LogP contribution < -0.4 is 5.32 Å². The van der Waals surface area contributed by atoms with E-state index in [2.05, 4.69) is 37.9 Å². The van der Waals surface area contributed by atoms with E-state index in [9.17, 15) is 4.79 Å². The molecule has 0 aromatic rings. The smallest absolute Gasteiger partial charge is 0.222 e. The van der Waals surface area contributed by atoms with Gasteiger partial charge in [-0.25, -0.2) is 0 Å². The van der Waals surface area contributed by atoms with E-state index in [1.54, 1.807) is 0 Å². The third-order valence-corrected chi connectivity index (χ3v) is 4.37. The van der Waals surface area contributed by atoms with Gasteiger partial charge in [-0.15, -0.1) is 0 Å². The first-order chi connectivity index (χ1) is 8.38. The molecule has 0 spiro atoms. The van der Waals surface area contributed by atoms with Crippen molar-refractivity contribution in [2.75, 3.05) is 20.1 Å². The van der Waals surface area contributed by atoms with Gasteiger partial charge < -0.3 is 10.2 Å². The average molecular weight is 254 g/mol. The fourth-order valence-electron chi connectivity index (χ4n) is 2.79. The Balaban J connectivity index is 2.59. The Labute approximate surface area is 112 Å². The molecule has 1 fully saturated rings. The minimum atomic E-state index is 0.323. The van der Waals surface area contributed by atoms with E-state index in [0.717, 1.165) is 38.8 Å². The number of amides is 1. The van der Waals surface area contributed by atoms with E-state index in [0.29, 0.717) is 23.3 Å². The quantitative estimate of drug-likeness (QED) is 0.836. The van der Waals surface area contributed by atoms with Gasteiger partial charge in [-0.1, -0.05) is 27.7 Å². The van der Waals surface area contributed by atoms with Gasteiger partial charge in [-0.05, 0) is 37.6 Å². The Morgan fingerprint density at radius 3 is 2.56 bits per heavy atom. The lowest BCUT2D eigenvalue weighted by Gasteiger charge is -2.30. The van der Waals surface area contributed by atoms with Crippen molar-refractivity contribution >= 4 is 5.91 Å². The first kappa shape index (κ1) is 15.5. The van der Waals surface area contributed by atoms with E-state index >= 15 is 0 Å². The molecule has 0 saturated carbocycles. The van der Waals surface area contributed by atoms with Gasteiger partial charge in [0.15, 0.2) is 0 Å². The van der Waals surface area contributed by atoms with Crippen molar-refractivity contribution < 1.29 is 4.79 Å². The molecular formula is C15H30N2O. The highest BCUT2D eigenvalue weighted by molar-refractivity contribution is 5.76. The molecule has 18 heavy (non-hydrogen) atoms. The van der Waals surface area contributed by atoms with Crippen LogP contribution in [0.15, 0.2) is 0 Å². The molecule has 1 aliphatic rings. The Kier molecular flexibility index (Phi) is 5.64. The Bertz CT molecular complexity index is 266. The Hall–Kier alpha value is -0.570. The summed E-state index contributed by atoms with van der Waals surface area (Å²) in [7, 11) is 1.98. The molecule has 2 unspecified atom stereocenters. The highest BCUT2D eigenvalue weighted by Crippen LogP contribution is 2.34. The predicted molar refractivity (Wildman–Crippen MR) is 76.5 cm³/mol. The number of carbonyl (C=O) groups is 1. The summed E-state index contributed by atoms with van der Waals surface area (Å²) in [6.07, 6.45) is 4.00. The summed E-state index contributed by atoms with van der Waals surface area (Å²) in [6, 6.07) is 0.431. The fraction of sp³-hybridized carbons (Fsp3) is 0.933. The van der Waals surface area contributed by atoms with Crippen molar-refractivity contribution in [1.82, 2.24) is 10.2 Å². The van der Waals surface area contributed by atoms with Crippen molar-refractivity contribution in [1.29, 1.82) is 0 Å². The Morgan fingerprint density at radius 2 is 2.06 bits per heavy atom. The highest BCUT2D eigenvalue weighted by atomic mass is 16.2. The summed E-state index contributed by atoms with van der Waals surface area (Å²) in [5.41, 5.74) is 0.323. The predicted octanol–water partition coefficient (Wildman–Crippen LogP) is 2.66. The molecule has 1 heterocycles. The van der Waals surface area contributed by atoms with Gasteiger partial charge in [0, 0.05) is 25.6 Å². The van der Waals surface area contributed by atoms with Crippen LogP contribution in [0.1, 0.15) is 53.4 Å². The summed E-state index contributed by atoms with van der Waals surface area (Å²) in [5.74, 6) is 1.01. The molecule has 0 aromatic carbocycles. The van der Waals surface area contributed by atoms with Crippen molar-refractivity contribution in [3.63, 3.8) is 0 Å². The van der Waals surface area contributed by atoms with Gasteiger partial charge >= 0.3 is 0 Å². The second-order valence-electron chi connectivity index (χ2n) is 6.62. The van der Waals surface area contributed by atoms with Gasteiger partial charge in [0.2, 0.25) is 5.91 Å². The van der Waals surface area contributed by atoms with E-state index in [1.807, 2.05) is 7.05 Å². The van der Waals surface area contributed by atoms with Crippen molar-refractivity contribution in [2.45, 2.75) is 59.4 Å². The van der Waals surface area contributed by atoms with Crippen LogP contribution in [-0.2, 0) is 4.79 Å². The van der Waals surface area contributed by atoms with Crippen LogP contribution in [0.2, 0.25) is 0 Å². The summed E-state index contributed by atoms with van der Waals surface area (Å²) >= 11 is 0. The third kappa shape index (κ3) is 4.27. The number of carbonyl (C=O) groups excluding carboxylic acids is 1. The molecule has 1 saturated heterocycles. The second kappa shape index (κ2) is 6.55. The lowest BCUT2D eigenvalue weighted by atomic mass is 9.77. The summed E-state index contributed by atoms with van der Waals surface area (Å²) in [5, 5.41) is 3.29. The molecule has 1 amide bonds. The lowest BCUT2D eigenvalue weighted by Crippen LogP contribution is -2.42. The maximum absolute atomic E-state index is 12.2. The number of hydrogen-bond donors (Lipinski definition) is 1. The minimum Gasteiger partial charge on any atom is -0.341 e. The highest BCUT2D eigenvalue weighted by Gasteiger charge is 2.30. The van der Waals surface area contributed by atoms with E-state index in [4.69, 9.17) is 0 Å². The third-order valence-electron chi connectivity index (χ3n) is 4.37. The van der Waals surface area contributed by atoms with Crippen LogP contribution in [-0.4, -0.2) is 37.0 Å². The van der Waals surface area contributed by atoms with E-state index < -0.39 is 0 Å². The lowest BCUT2D eigenvalue weighted by molar-refractivity contribution is -0.131. The van der Waals surface area contributed by atoms with Crippen LogP contribution in [0.3, 0.4) is 0 Å². The molecule has 0 bridgehead atoms. The summed E-state index contributed by atoms with van der Waals surface area (Å²) in [6.45, 7) is 10.8. The SMILES string of the molecule is CCC(CN1CCC(C(C)(C)C)CCC1=O)NC. The molecular weight excluding hydrogens is 224 g/mol. The van der Waals surface area contributed by atoms with Crippen molar-refractivity contribution in [2.24, 2.45) is 11.3 Å². The van der Waals surface area contributed by atoms with Gasteiger partial charge in [0.1, 0.15) is 0 Å². The van der Waals surface area contributed by atoms with Crippen molar-refractivity contribution in [3.8, 4) is 0 Å². The summed E-state index contributed by atoms with van der Waals surface area (Å²) < 4.78 is 0. The van der Waals surface area contributed by atoms with Crippen LogP contribution >= 0.6 is 0 Å². The maximum atomic E-state index is 12.2. The van der Waals surface area contributed by atoms with Crippen LogP contribution in [0.5, 0.6) is 0 Å². The second-order valence-corrected chi connectivity index (χ2v) is 6.62. The van der Waals surface area contributed by atoms with Gasteiger partial charge in [0.25, 0.3) is 0 Å². The molecule has 106 valence electrons. The van der Waals surface area contributed by atoms with Gasteiger partial charge in [0.05, 0.1) is 0 Å². The van der Waals surface area contributed by atoms with Crippen molar-refractivity contribution in [3.05, 3.63) is 0 Å². The largest absolute Gasteiger partial charge is 0.341 e. The molecule has 0 radical (unpaired) electrons. The standard InChI is InChI=1S/C15H30N2O/c1-6-13(16-5)11-17-10-9-12(15(2,3)4)7-8-14(17)18/h12-13,16H,6-11H2,1-5H3. The molecule has 1 rings (SSSR count). The topological polar surface area (TPSA) is 32.3 Å². The zero-order valence-corrected chi connectivity index (χ0v) is 12.8. The normalized spacial score (nSPS) is 23.9. The minimum absolute atomic E-state index is 0.323. The summed E-state index contributed by atoms with van der Waals surface area (Å²) in [4.78, 5) is 14.2. The molecule has 0 aliphatic carbocycles. The molecule has 2 atom stereocenters. The fourth-order valence-corrected chi connectivity index (χ4v) is 2.79. The zero-order valence-electron chi connectivity index (χ0n) is 12.8. The number of hydrogen-bond acceptors (Lipinski definition) is 2. The molecule has 0 aromatic heterocycles. The number of nitrogens with one attached hydrogen (secondary N) is 1. The average Bonchev–Trinajstić information content (AvgIpc) is 2.48. The monoisotopic (exact) mass is 254 g/mol. The maximum Gasteiger partial charge on any atom is 0.222 e. The van der Waals surface area contributed by atoms with E-state index in [1.165, 1.54) is 0 Å². The first-order valence-electron chi connectivity index (χ1n) is 7.33. The Morgan fingerprint density at radius 1 is 1.39 bits per heavy atom. The van der Waals surface area contributed by atoms with Crippen LogP contribution in [0.4, 0.5) is 0 Å². The zero-order chi connectivity index (χ0) is 13.8. The van der Waals surface area contributed by atoms with Crippen LogP contribution in [0, 0.1) is 11.3 Å². The number of likely N-dealkylation sites (N-methyl/N-ethyl adjacent to an activating group) is 1. The molecule has 1 aliphatic heterocycles. The number of nitrogens with zero attached hydrogens (tertiary/aromatic N) is 1. The molecule has 1 N–H and O–H groups in total. The number of rotatable bonds is 4. The van der Waals surface area contributed by atoms with Gasteiger partial charge in [-0.3, -0.25) is 4.79 Å². The molecule has 3 heteroatoms. The first-order valence-corrected chi connectivity index (χ1v) is 7.33. The molecule has 3 nitrogen and oxygen atoms in total. The van der Waals surface area contributed by atoms with Crippen LogP contribution in [0.25, 0.3) is 0 Å².